The summed E-state index contributed by atoms with van der Waals surface area (Å²) < 4.78 is 0. The number of nitrogens with two attached hydrogens (primary N) is 1. The molecule has 2 rings (SSSR count). The van der Waals surface area contributed by atoms with Crippen LogP contribution in [0.3, 0.4) is 0 Å². The molecule has 0 amide bonds. The lowest BCUT2D eigenvalue weighted by atomic mass is 9.91. The van der Waals surface area contributed by atoms with Gasteiger partial charge in [0.2, 0.25) is 0 Å². The maximum absolute atomic E-state index is 5.67. The van der Waals surface area contributed by atoms with E-state index in [0.29, 0.717) is 5.92 Å². The highest BCUT2D eigenvalue weighted by Crippen LogP contribution is 2.26. The average Bonchev–Trinajstić information content (AvgIpc) is 2.31. The highest BCUT2D eigenvalue weighted by molar-refractivity contribution is 5.40. The van der Waals surface area contributed by atoms with E-state index in [0.717, 1.165) is 5.69 Å². The Kier molecular flexibility index (Phi) is 6.01. The number of benzene rings is 1. The predicted octanol–water partition coefficient (Wildman–Crippen LogP) is 1.91. The number of likely N-dealkylation sites (N-methyl/N-ethyl adjacent to an activating group) is 1. The van der Waals surface area contributed by atoms with Gasteiger partial charge in [0.1, 0.15) is 0 Å². The van der Waals surface area contributed by atoms with Crippen LogP contribution in [-0.4, -0.2) is 39.1 Å². The fourth-order valence-corrected chi connectivity index (χ4v) is 2.21. The van der Waals surface area contributed by atoms with E-state index in [1.807, 2.05) is 26.2 Å². The zero-order chi connectivity index (χ0) is 12.7. The molecule has 0 radical (unpaired) electrons. The van der Waals surface area contributed by atoms with Crippen molar-refractivity contribution in [3.05, 3.63) is 29.8 Å². The molecule has 0 bridgehead atoms. The van der Waals surface area contributed by atoms with Gasteiger partial charge in [-0.2, -0.15) is 0 Å². The van der Waals surface area contributed by atoms with Gasteiger partial charge in [0.25, 0.3) is 0 Å². The molecule has 1 atom stereocenters. The zero-order valence-corrected chi connectivity index (χ0v) is 11.2. The topological polar surface area (TPSA) is 41.3 Å². The van der Waals surface area contributed by atoms with Gasteiger partial charge in [-0.15, -0.1) is 0 Å². The lowest BCUT2D eigenvalue weighted by Crippen LogP contribution is -2.30. The number of hydrogen-bond donors (Lipinski definition) is 2. The Morgan fingerprint density at radius 1 is 1.24 bits per heavy atom. The van der Waals surface area contributed by atoms with Crippen LogP contribution < -0.4 is 11.1 Å². The maximum Gasteiger partial charge on any atom is 0.0314 e. The van der Waals surface area contributed by atoms with Crippen molar-refractivity contribution in [2.75, 3.05) is 40.0 Å². The Bertz CT molecular complexity index is 308. The number of nitrogen functional groups attached to an aromatic ring is 1. The normalized spacial score (nSPS) is 20.5. The highest BCUT2D eigenvalue weighted by atomic mass is 15.1. The smallest absolute Gasteiger partial charge is 0.0314 e. The van der Waals surface area contributed by atoms with Gasteiger partial charge in [0, 0.05) is 12.2 Å². The molecular formula is C14H25N3. The third-order valence-corrected chi connectivity index (χ3v) is 3.03. The van der Waals surface area contributed by atoms with E-state index in [4.69, 9.17) is 5.73 Å². The molecule has 96 valence electrons. The van der Waals surface area contributed by atoms with Crippen molar-refractivity contribution in [3.63, 3.8) is 0 Å². The Labute approximate surface area is 105 Å². The molecule has 0 saturated carbocycles. The molecule has 1 saturated heterocycles. The van der Waals surface area contributed by atoms with Crippen LogP contribution in [0.2, 0.25) is 0 Å². The Balaban J connectivity index is 0.000000437. The number of piperidine rings is 1. The maximum atomic E-state index is 5.67. The van der Waals surface area contributed by atoms with E-state index in [-0.39, 0.29) is 0 Å². The lowest BCUT2D eigenvalue weighted by Gasteiger charge is -2.29. The summed E-state index contributed by atoms with van der Waals surface area (Å²) >= 11 is 0. The van der Waals surface area contributed by atoms with E-state index in [2.05, 4.69) is 29.4 Å². The third kappa shape index (κ3) is 4.75. The van der Waals surface area contributed by atoms with Crippen molar-refractivity contribution >= 4 is 5.69 Å². The van der Waals surface area contributed by atoms with Crippen molar-refractivity contribution in [2.45, 2.75) is 18.8 Å². The first kappa shape index (κ1) is 14.0. The molecule has 1 aromatic carbocycles. The van der Waals surface area contributed by atoms with Crippen LogP contribution in [0.4, 0.5) is 5.69 Å². The van der Waals surface area contributed by atoms with Gasteiger partial charge in [-0.3, -0.25) is 0 Å². The van der Waals surface area contributed by atoms with E-state index in [1.165, 1.54) is 31.5 Å². The van der Waals surface area contributed by atoms with Crippen LogP contribution in [-0.2, 0) is 0 Å². The molecule has 1 fully saturated rings. The highest BCUT2D eigenvalue weighted by Gasteiger charge is 2.18. The molecule has 0 aliphatic carbocycles. The molecule has 3 N–H and O–H groups in total. The summed E-state index contributed by atoms with van der Waals surface area (Å²) in [7, 11) is 5.95. The Hall–Kier alpha value is -1.06. The van der Waals surface area contributed by atoms with Gasteiger partial charge >= 0.3 is 0 Å². The lowest BCUT2D eigenvalue weighted by molar-refractivity contribution is 0.251. The van der Waals surface area contributed by atoms with Crippen molar-refractivity contribution in [1.29, 1.82) is 0 Å². The molecule has 17 heavy (non-hydrogen) atoms. The summed E-state index contributed by atoms with van der Waals surface area (Å²) in [4.78, 5) is 2.41. The molecule has 1 aliphatic rings. The summed E-state index contributed by atoms with van der Waals surface area (Å²) in [6, 6.07) is 8.34. The number of likely N-dealkylation sites (tertiary alicyclic amines) is 1. The quantitative estimate of drug-likeness (QED) is 0.731. The second-order valence-electron chi connectivity index (χ2n) is 4.77. The third-order valence-electron chi connectivity index (χ3n) is 3.03. The summed E-state index contributed by atoms with van der Waals surface area (Å²) in [5.74, 6) is 0.703. The fraction of sp³-hybridized carbons (Fsp3) is 0.571. The summed E-state index contributed by atoms with van der Waals surface area (Å²) in [6.07, 6.45) is 2.62. The van der Waals surface area contributed by atoms with Gasteiger partial charge in [0.05, 0.1) is 0 Å². The fourth-order valence-electron chi connectivity index (χ4n) is 2.21. The minimum atomic E-state index is 0.703. The first-order chi connectivity index (χ1) is 8.17. The summed E-state index contributed by atoms with van der Waals surface area (Å²) in [5, 5.41) is 2.75. The van der Waals surface area contributed by atoms with Crippen molar-refractivity contribution in [3.8, 4) is 0 Å². The van der Waals surface area contributed by atoms with Crippen molar-refractivity contribution < 1.29 is 0 Å². The van der Waals surface area contributed by atoms with Crippen LogP contribution in [0.15, 0.2) is 24.3 Å². The van der Waals surface area contributed by atoms with Gasteiger partial charge in [-0.05, 0) is 64.1 Å². The van der Waals surface area contributed by atoms with Gasteiger partial charge < -0.3 is 16.0 Å². The SMILES string of the molecule is CN1CCCC(c2ccc(N)cc2)C1.CNC. The van der Waals surface area contributed by atoms with Gasteiger partial charge in [-0.1, -0.05) is 12.1 Å². The number of nitrogens with one attached hydrogen (secondary N) is 1. The minimum Gasteiger partial charge on any atom is -0.399 e. The number of hydrogen-bond acceptors (Lipinski definition) is 3. The standard InChI is InChI=1S/C12H18N2.C2H7N/c1-14-8-2-3-11(9-14)10-4-6-12(13)7-5-10;1-3-2/h4-7,11H,2-3,8-9,13H2,1H3;3H,1-2H3. The summed E-state index contributed by atoms with van der Waals surface area (Å²) in [6.45, 7) is 2.43. The number of rotatable bonds is 1. The second-order valence-corrected chi connectivity index (χ2v) is 4.77. The molecule has 0 spiro atoms. The first-order valence-electron chi connectivity index (χ1n) is 6.29. The van der Waals surface area contributed by atoms with E-state index in [9.17, 15) is 0 Å². The van der Waals surface area contributed by atoms with Crippen LogP contribution in [0.25, 0.3) is 0 Å². The molecule has 1 aromatic rings. The van der Waals surface area contributed by atoms with E-state index >= 15 is 0 Å². The molecule has 3 nitrogen and oxygen atoms in total. The largest absolute Gasteiger partial charge is 0.399 e. The predicted molar refractivity (Wildman–Crippen MR) is 75.3 cm³/mol. The second kappa shape index (κ2) is 7.30. The average molecular weight is 235 g/mol. The van der Waals surface area contributed by atoms with E-state index < -0.39 is 0 Å². The van der Waals surface area contributed by atoms with Crippen molar-refractivity contribution in [2.24, 2.45) is 0 Å². The van der Waals surface area contributed by atoms with Crippen LogP contribution in [0.5, 0.6) is 0 Å². The molecule has 3 heteroatoms. The molecular weight excluding hydrogens is 210 g/mol. The summed E-state index contributed by atoms with van der Waals surface area (Å²) in [5.41, 5.74) is 7.97. The van der Waals surface area contributed by atoms with E-state index in [1.54, 1.807) is 0 Å². The monoisotopic (exact) mass is 235 g/mol. The van der Waals surface area contributed by atoms with Crippen molar-refractivity contribution in [1.82, 2.24) is 10.2 Å². The molecule has 1 unspecified atom stereocenters. The Morgan fingerprint density at radius 3 is 2.35 bits per heavy atom. The Morgan fingerprint density at radius 2 is 1.82 bits per heavy atom. The molecule has 0 aromatic heterocycles. The first-order valence-corrected chi connectivity index (χ1v) is 6.29. The van der Waals surface area contributed by atoms with Crippen LogP contribution in [0.1, 0.15) is 24.3 Å². The number of anilines is 1. The number of nitrogens with zero attached hydrogens (tertiary/aromatic N) is 1. The zero-order valence-electron chi connectivity index (χ0n) is 11.2. The minimum absolute atomic E-state index is 0.703. The van der Waals surface area contributed by atoms with Crippen LogP contribution in [0, 0.1) is 0 Å². The molecule has 1 aliphatic heterocycles. The molecule has 1 heterocycles. The van der Waals surface area contributed by atoms with Gasteiger partial charge in [0.15, 0.2) is 0 Å². The van der Waals surface area contributed by atoms with Gasteiger partial charge in [-0.25, -0.2) is 0 Å². The van der Waals surface area contributed by atoms with Crippen LogP contribution >= 0.6 is 0 Å².